The first-order valence-electron chi connectivity index (χ1n) is 9.38. The minimum absolute atomic E-state index is 0.0812. The molecule has 140 valence electrons. The highest BCUT2D eigenvalue weighted by Gasteiger charge is 2.22. The molecular formula is C22H28O4. The molecule has 2 rings (SSSR count). The van der Waals surface area contributed by atoms with E-state index in [4.69, 9.17) is 0 Å². The van der Waals surface area contributed by atoms with E-state index in [1.54, 1.807) is 0 Å². The predicted octanol–water partition coefficient (Wildman–Crippen LogP) is 5.33. The maximum absolute atomic E-state index is 12.5. The molecule has 0 amide bonds. The number of phenols is 3. The zero-order valence-corrected chi connectivity index (χ0v) is 15.4. The fourth-order valence-electron chi connectivity index (χ4n) is 3.12. The van der Waals surface area contributed by atoms with Crippen molar-refractivity contribution in [2.24, 2.45) is 0 Å². The lowest BCUT2D eigenvalue weighted by molar-refractivity contribution is 0.0973. The van der Waals surface area contributed by atoms with E-state index in [1.165, 1.54) is 19.3 Å². The van der Waals surface area contributed by atoms with Crippen LogP contribution in [0.1, 0.15) is 73.4 Å². The quantitative estimate of drug-likeness (QED) is 0.397. The van der Waals surface area contributed by atoms with E-state index in [0.717, 1.165) is 30.9 Å². The molecule has 2 aromatic carbocycles. The summed E-state index contributed by atoms with van der Waals surface area (Å²) in [5.41, 5.74) is 1.08. The first-order chi connectivity index (χ1) is 12.5. The lowest BCUT2D eigenvalue weighted by atomic mass is 9.95. The van der Waals surface area contributed by atoms with Gasteiger partial charge in [-0.2, -0.15) is 0 Å². The second-order valence-electron chi connectivity index (χ2n) is 6.72. The summed E-state index contributed by atoms with van der Waals surface area (Å²) in [5.74, 6) is -1.18. The van der Waals surface area contributed by atoms with E-state index in [0.29, 0.717) is 0 Å². The molecule has 0 radical (unpaired) electrons. The third-order valence-electron chi connectivity index (χ3n) is 4.62. The molecule has 0 aliphatic heterocycles. The van der Waals surface area contributed by atoms with Gasteiger partial charge in [-0.3, -0.25) is 4.79 Å². The third-order valence-corrected chi connectivity index (χ3v) is 4.62. The zero-order chi connectivity index (χ0) is 18.9. The molecule has 0 bridgehead atoms. The summed E-state index contributed by atoms with van der Waals surface area (Å²) >= 11 is 0. The smallest absolute Gasteiger partial charge is 0.170 e. The first-order valence-corrected chi connectivity index (χ1v) is 9.38. The summed E-state index contributed by atoms with van der Waals surface area (Å²) < 4.78 is 0. The monoisotopic (exact) mass is 356 g/mol. The molecule has 0 aliphatic rings. The summed E-state index contributed by atoms with van der Waals surface area (Å²) in [6.07, 6.45) is 6.90. The molecule has 4 nitrogen and oxygen atoms in total. The van der Waals surface area contributed by atoms with Gasteiger partial charge in [0, 0.05) is 24.5 Å². The Morgan fingerprint density at radius 1 is 0.885 bits per heavy atom. The number of aromatic hydroxyl groups is 3. The zero-order valence-electron chi connectivity index (χ0n) is 15.4. The van der Waals surface area contributed by atoms with Crippen molar-refractivity contribution in [3.05, 3.63) is 53.1 Å². The van der Waals surface area contributed by atoms with Gasteiger partial charge in [0.1, 0.15) is 22.8 Å². The Labute approximate surface area is 155 Å². The van der Waals surface area contributed by atoms with Gasteiger partial charge in [-0.25, -0.2) is 0 Å². The number of hydrogen-bond acceptors (Lipinski definition) is 4. The highest BCUT2D eigenvalue weighted by atomic mass is 16.3. The van der Waals surface area contributed by atoms with Gasteiger partial charge in [-0.05, 0) is 12.0 Å². The number of carbonyl (C=O) groups is 1. The van der Waals surface area contributed by atoms with Crippen molar-refractivity contribution < 1.29 is 20.1 Å². The Bertz CT molecular complexity index is 723. The Morgan fingerprint density at radius 3 is 2.23 bits per heavy atom. The molecular weight excluding hydrogens is 328 g/mol. The van der Waals surface area contributed by atoms with Crippen LogP contribution in [0.5, 0.6) is 17.2 Å². The predicted molar refractivity (Wildman–Crippen MR) is 103 cm³/mol. The molecule has 26 heavy (non-hydrogen) atoms. The standard InChI is InChI=1S/C22H28O4/c1-2-3-4-5-6-10-13-18(23)21-20(25)15-19(24)17(22(21)26)14-16-11-8-7-9-12-16/h7-9,11-12,15,24-26H,2-6,10,13-14H2,1H3. The van der Waals surface area contributed by atoms with Crippen LogP contribution in [0.4, 0.5) is 0 Å². The summed E-state index contributed by atoms with van der Waals surface area (Å²) in [7, 11) is 0. The maximum atomic E-state index is 12.5. The van der Waals surface area contributed by atoms with Crippen LogP contribution in [0.25, 0.3) is 0 Å². The number of carbonyl (C=O) groups excluding carboxylic acids is 1. The second-order valence-corrected chi connectivity index (χ2v) is 6.72. The van der Waals surface area contributed by atoms with Crippen molar-refractivity contribution in [3.63, 3.8) is 0 Å². The van der Waals surface area contributed by atoms with Crippen LogP contribution < -0.4 is 0 Å². The number of rotatable bonds is 10. The number of phenolic OH excluding ortho intramolecular Hbond substituents is 3. The summed E-state index contributed by atoms with van der Waals surface area (Å²) in [6.45, 7) is 2.16. The maximum Gasteiger partial charge on any atom is 0.170 e. The van der Waals surface area contributed by atoms with Crippen LogP contribution in [0, 0.1) is 0 Å². The van der Waals surface area contributed by atoms with Crippen molar-refractivity contribution >= 4 is 5.78 Å². The topological polar surface area (TPSA) is 77.8 Å². The largest absolute Gasteiger partial charge is 0.507 e. The van der Waals surface area contributed by atoms with Crippen LogP contribution in [0.2, 0.25) is 0 Å². The van der Waals surface area contributed by atoms with E-state index in [-0.39, 0.29) is 47.0 Å². The third kappa shape index (κ3) is 5.25. The highest BCUT2D eigenvalue weighted by Crippen LogP contribution is 2.39. The SMILES string of the molecule is CCCCCCCCC(=O)c1c(O)cc(O)c(Cc2ccccc2)c1O. The van der Waals surface area contributed by atoms with Crippen molar-refractivity contribution in [3.8, 4) is 17.2 Å². The number of benzene rings is 2. The molecule has 0 aliphatic carbocycles. The Morgan fingerprint density at radius 2 is 1.54 bits per heavy atom. The number of unbranched alkanes of at least 4 members (excludes halogenated alkanes) is 5. The molecule has 0 heterocycles. The van der Waals surface area contributed by atoms with Gasteiger partial charge < -0.3 is 15.3 Å². The number of Topliss-reactive ketones (excluding diaryl/α,β-unsaturated/α-hetero) is 1. The van der Waals surface area contributed by atoms with Gasteiger partial charge >= 0.3 is 0 Å². The van der Waals surface area contributed by atoms with E-state index >= 15 is 0 Å². The lowest BCUT2D eigenvalue weighted by Crippen LogP contribution is -2.03. The van der Waals surface area contributed by atoms with Gasteiger partial charge in [0.05, 0.1) is 0 Å². The number of ketones is 1. The lowest BCUT2D eigenvalue weighted by Gasteiger charge is -2.13. The van der Waals surface area contributed by atoms with Crippen LogP contribution in [0.15, 0.2) is 36.4 Å². The molecule has 0 saturated carbocycles. The van der Waals surface area contributed by atoms with Crippen LogP contribution >= 0.6 is 0 Å². The molecule has 0 atom stereocenters. The molecule has 3 N–H and O–H groups in total. The summed E-state index contributed by atoms with van der Waals surface area (Å²) in [4.78, 5) is 12.5. The van der Waals surface area contributed by atoms with E-state index in [2.05, 4.69) is 6.92 Å². The van der Waals surface area contributed by atoms with Crippen molar-refractivity contribution in [1.29, 1.82) is 0 Å². The fraction of sp³-hybridized carbons (Fsp3) is 0.409. The minimum Gasteiger partial charge on any atom is -0.507 e. The van der Waals surface area contributed by atoms with E-state index < -0.39 is 0 Å². The summed E-state index contributed by atoms with van der Waals surface area (Å²) in [6, 6.07) is 10.5. The van der Waals surface area contributed by atoms with Crippen molar-refractivity contribution in [2.75, 3.05) is 0 Å². The normalized spacial score (nSPS) is 10.8. The Balaban J connectivity index is 2.10. The average Bonchev–Trinajstić information content (AvgIpc) is 2.62. The van der Waals surface area contributed by atoms with Crippen molar-refractivity contribution in [1.82, 2.24) is 0 Å². The van der Waals surface area contributed by atoms with Gasteiger partial charge in [0.2, 0.25) is 0 Å². The minimum atomic E-state index is -0.368. The van der Waals surface area contributed by atoms with Crippen LogP contribution in [0.3, 0.4) is 0 Å². The Hall–Kier alpha value is -2.49. The highest BCUT2D eigenvalue weighted by molar-refractivity contribution is 6.01. The fourth-order valence-corrected chi connectivity index (χ4v) is 3.12. The molecule has 2 aromatic rings. The van der Waals surface area contributed by atoms with Crippen LogP contribution in [-0.2, 0) is 6.42 Å². The van der Waals surface area contributed by atoms with Gasteiger partial charge in [0.15, 0.2) is 5.78 Å². The summed E-state index contributed by atoms with van der Waals surface area (Å²) in [5, 5.41) is 30.7. The first kappa shape index (κ1) is 19.8. The van der Waals surface area contributed by atoms with E-state index in [1.807, 2.05) is 30.3 Å². The number of hydrogen-bond donors (Lipinski definition) is 3. The van der Waals surface area contributed by atoms with Gasteiger partial charge in [-0.15, -0.1) is 0 Å². The Kier molecular flexibility index (Phi) is 7.52. The second kappa shape index (κ2) is 9.85. The average molecular weight is 356 g/mol. The molecule has 0 spiro atoms. The molecule has 4 heteroatoms. The molecule has 0 aromatic heterocycles. The molecule has 0 unspecified atom stereocenters. The van der Waals surface area contributed by atoms with Gasteiger partial charge in [0.25, 0.3) is 0 Å². The van der Waals surface area contributed by atoms with Crippen LogP contribution in [-0.4, -0.2) is 21.1 Å². The van der Waals surface area contributed by atoms with Crippen molar-refractivity contribution in [2.45, 2.75) is 58.3 Å². The van der Waals surface area contributed by atoms with Gasteiger partial charge in [-0.1, -0.05) is 69.4 Å². The van der Waals surface area contributed by atoms with E-state index in [9.17, 15) is 20.1 Å². The molecule has 0 saturated heterocycles. The molecule has 0 fully saturated rings.